The van der Waals surface area contributed by atoms with Gasteiger partial charge >= 0.3 is 5.69 Å². The Kier molecular flexibility index (Phi) is 5.35. The highest BCUT2D eigenvalue weighted by Crippen LogP contribution is 2.30. The summed E-state index contributed by atoms with van der Waals surface area (Å²) >= 11 is 1.60. The Labute approximate surface area is 148 Å². The molecule has 0 N–H and O–H groups in total. The topological polar surface area (TPSA) is 78.4 Å². The number of ether oxygens (including phenoxy) is 1. The van der Waals surface area contributed by atoms with E-state index < -0.39 is 4.92 Å². The molecule has 3 aromatic rings. The number of thioether (sulfide) groups is 1. The first-order valence-corrected chi connectivity index (χ1v) is 8.73. The molecule has 0 saturated carbocycles. The minimum atomic E-state index is -0.435. The van der Waals surface area contributed by atoms with Gasteiger partial charge in [-0.3, -0.25) is 10.1 Å². The summed E-state index contributed by atoms with van der Waals surface area (Å²) in [5, 5.41) is 15.1. The van der Waals surface area contributed by atoms with Crippen LogP contribution in [0.5, 0.6) is 5.75 Å². The third kappa shape index (κ3) is 4.19. The van der Waals surface area contributed by atoms with E-state index in [1.54, 1.807) is 23.9 Å². The molecule has 0 aliphatic rings. The van der Waals surface area contributed by atoms with Crippen LogP contribution in [0, 0.1) is 10.1 Å². The van der Waals surface area contributed by atoms with Crippen LogP contribution in [0.3, 0.4) is 0 Å². The maximum absolute atomic E-state index is 11.1. The summed E-state index contributed by atoms with van der Waals surface area (Å²) in [4.78, 5) is 10.6. The number of hydrogen-bond acceptors (Lipinski definition) is 6. The zero-order chi connectivity index (χ0) is 17.6. The Morgan fingerprint density at radius 2 is 1.96 bits per heavy atom. The van der Waals surface area contributed by atoms with Crippen molar-refractivity contribution < 1.29 is 14.2 Å². The van der Waals surface area contributed by atoms with Gasteiger partial charge in [0.2, 0.25) is 0 Å². The lowest BCUT2D eigenvalue weighted by Gasteiger charge is -2.04. The van der Waals surface area contributed by atoms with Crippen molar-refractivity contribution in [3.63, 3.8) is 0 Å². The fourth-order valence-corrected chi connectivity index (χ4v) is 3.22. The van der Waals surface area contributed by atoms with Crippen LogP contribution in [0.2, 0.25) is 0 Å². The van der Waals surface area contributed by atoms with Crippen molar-refractivity contribution in [2.45, 2.75) is 11.5 Å². The molecule has 7 heteroatoms. The van der Waals surface area contributed by atoms with Crippen LogP contribution in [-0.4, -0.2) is 17.2 Å². The molecule has 0 aliphatic heterocycles. The van der Waals surface area contributed by atoms with Gasteiger partial charge in [0.15, 0.2) is 5.75 Å². The van der Waals surface area contributed by atoms with Gasteiger partial charge in [0.1, 0.15) is 11.5 Å². The normalized spacial score (nSPS) is 10.6. The Balaban J connectivity index is 1.61. The lowest BCUT2D eigenvalue weighted by molar-refractivity contribution is -0.385. The van der Waals surface area contributed by atoms with Crippen LogP contribution in [0.25, 0.3) is 11.3 Å². The SMILES string of the molecule is COc1ccc(CSCc2cc(-c3ccccc3)no2)cc1[N+](=O)[O-]. The molecule has 0 radical (unpaired) electrons. The van der Waals surface area contributed by atoms with Crippen molar-refractivity contribution in [2.24, 2.45) is 0 Å². The molecule has 0 atom stereocenters. The summed E-state index contributed by atoms with van der Waals surface area (Å²) in [5.41, 5.74) is 2.65. The van der Waals surface area contributed by atoms with Gasteiger partial charge in [-0.05, 0) is 11.6 Å². The minimum Gasteiger partial charge on any atom is -0.490 e. The van der Waals surface area contributed by atoms with E-state index in [2.05, 4.69) is 5.16 Å². The highest BCUT2D eigenvalue weighted by Gasteiger charge is 2.15. The first-order valence-electron chi connectivity index (χ1n) is 7.57. The van der Waals surface area contributed by atoms with E-state index in [4.69, 9.17) is 9.26 Å². The zero-order valence-corrected chi connectivity index (χ0v) is 14.4. The molecule has 128 valence electrons. The number of nitrogens with zero attached hydrogens (tertiary/aromatic N) is 2. The summed E-state index contributed by atoms with van der Waals surface area (Å²) in [6.45, 7) is 0. The second-order valence-corrected chi connectivity index (χ2v) is 6.29. The van der Waals surface area contributed by atoms with E-state index in [1.165, 1.54) is 7.11 Å². The molecule has 1 heterocycles. The predicted molar refractivity (Wildman–Crippen MR) is 96.6 cm³/mol. The van der Waals surface area contributed by atoms with Gasteiger partial charge in [0.25, 0.3) is 0 Å². The largest absolute Gasteiger partial charge is 0.490 e. The van der Waals surface area contributed by atoms with Gasteiger partial charge in [-0.1, -0.05) is 41.6 Å². The number of nitro benzene ring substituents is 1. The Hall–Kier alpha value is -2.80. The smallest absolute Gasteiger partial charge is 0.311 e. The maximum Gasteiger partial charge on any atom is 0.311 e. The average molecular weight is 356 g/mol. The van der Waals surface area contributed by atoms with E-state index in [-0.39, 0.29) is 11.4 Å². The van der Waals surface area contributed by atoms with E-state index >= 15 is 0 Å². The second-order valence-electron chi connectivity index (χ2n) is 5.30. The molecule has 6 nitrogen and oxygen atoms in total. The highest BCUT2D eigenvalue weighted by atomic mass is 32.2. The van der Waals surface area contributed by atoms with E-state index in [9.17, 15) is 10.1 Å². The van der Waals surface area contributed by atoms with Crippen LogP contribution in [0.15, 0.2) is 59.1 Å². The first-order chi connectivity index (χ1) is 12.2. The van der Waals surface area contributed by atoms with Gasteiger partial charge < -0.3 is 9.26 Å². The second kappa shape index (κ2) is 7.85. The summed E-state index contributed by atoms with van der Waals surface area (Å²) in [6.07, 6.45) is 0. The van der Waals surface area contributed by atoms with Gasteiger partial charge in [-0.25, -0.2) is 0 Å². The molecule has 1 aromatic heterocycles. The average Bonchev–Trinajstić information content (AvgIpc) is 3.11. The van der Waals surface area contributed by atoms with Crippen LogP contribution in [0.4, 0.5) is 5.69 Å². The Morgan fingerprint density at radius 1 is 1.16 bits per heavy atom. The standard InChI is InChI=1S/C18H16N2O4S/c1-23-18-8-7-13(9-17(18)20(21)22)11-25-12-15-10-16(19-24-15)14-5-3-2-4-6-14/h2-10H,11-12H2,1H3. The number of methoxy groups -OCH3 is 1. The monoisotopic (exact) mass is 356 g/mol. The fraction of sp³-hybridized carbons (Fsp3) is 0.167. The molecular formula is C18H16N2O4S. The van der Waals surface area contributed by atoms with Crippen molar-refractivity contribution in [1.82, 2.24) is 5.16 Å². The third-order valence-corrected chi connectivity index (χ3v) is 4.61. The molecule has 0 amide bonds. The van der Waals surface area contributed by atoms with Crippen LogP contribution >= 0.6 is 11.8 Å². The molecule has 0 fully saturated rings. The van der Waals surface area contributed by atoms with E-state index in [0.29, 0.717) is 11.5 Å². The molecule has 0 spiro atoms. The van der Waals surface area contributed by atoms with E-state index in [0.717, 1.165) is 22.6 Å². The molecule has 2 aromatic carbocycles. The summed E-state index contributed by atoms with van der Waals surface area (Å²) in [7, 11) is 1.42. The maximum atomic E-state index is 11.1. The lowest BCUT2D eigenvalue weighted by Crippen LogP contribution is -1.95. The molecule has 0 unspecified atom stereocenters. The molecule has 0 saturated heterocycles. The van der Waals surface area contributed by atoms with Crippen molar-refractivity contribution in [3.8, 4) is 17.0 Å². The number of rotatable bonds is 7. The summed E-state index contributed by atoms with van der Waals surface area (Å²) in [5.74, 6) is 2.31. The van der Waals surface area contributed by atoms with Crippen LogP contribution in [-0.2, 0) is 11.5 Å². The van der Waals surface area contributed by atoms with Gasteiger partial charge in [0, 0.05) is 23.4 Å². The molecular weight excluding hydrogens is 340 g/mol. The van der Waals surface area contributed by atoms with Crippen molar-refractivity contribution >= 4 is 17.4 Å². The van der Waals surface area contributed by atoms with Crippen molar-refractivity contribution in [3.05, 3.63) is 76.0 Å². The molecule has 3 rings (SSSR count). The quantitative estimate of drug-likeness (QED) is 0.451. The number of nitro groups is 1. The Bertz CT molecular complexity index is 865. The fourth-order valence-electron chi connectivity index (χ4n) is 2.36. The van der Waals surface area contributed by atoms with Crippen LogP contribution in [0.1, 0.15) is 11.3 Å². The zero-order valence-electron chi connectivity index (χ0n) is 13.5. The minimum absolute atomic E-state index is 0.0216. The molecule has 0 bridgehead atoms. The molecule has 0 aliphatic carbocycles. The van der Waals surface area contributed by atoms with E-state index in [1.807, 2.05) is 42.5 Å². The number of benzene rings is 2. The van der Waals surface area contributed by atoms with Crippen LogP contribution < -0.4 is 4.74 Å². The first kappa shape index (κ1) is 17.0. The third-order valence-electron chi connectivity index (χ3n) is 3.58. The highest BCUT2D eigenvalue weighted by molar-refractivity contribution is 7.97. The summed E-state index contributed by atoms with van der Waals surface area (Å²) < 4.78 is 10.4. The number of hydrogen-bond donors (Lipinski definition) is 0. The van der Waals surface area contributed by atoms with Crippen molar-refractivity contribution in [1.29, 1.82) is 0 Å². The Morgan fingerprint density at radius 3 is 2.68 bits per heavy atom. The van der Waals surface area contributed by atoms with Crippen molar-refractivity contribution in [2.75, 3.05) is 7.11 Å². The molecule has 25 heavy (non-hydrogen) atoms. The summed E-state index contributed by atoms with van der Waals surface area (Å²) in [6, 6.07) is 16.7. The predicted octanol–water partition coefficient (Wildman–Crippen LogP) is 4.69. The van der Waals surface area contributed by atoms with Gasteiger partial charge in [-0.2, -0.15) is 0 Å². The van der Waals surface area contributed by atoms with Gasteiger partial charge in [0.05, 0.1) is 17.8 Å². The number of aromatic nitrogens is 1. The van der Waals surface area contributed by atoms with Gasteiger partial charge in [-0.15, -0.1) is 11.8 Å². The lowest BCUT2D eigenvalue weighted by atomic mass is 10.1.